The second kappa shape index (κ2) is 11.0. The Morgan fingerprint density at radius 2 is 1.86 bits per heavy atom. The summed E-state index contributed by atoms with van der Waals surface area (Å²) in [7, 11) is 3.45. The molecule has 0 aliphatic heterocycles. The molecule has 0 saturated heterocycles. The minimum atomic E-state index is 0. The summed E-state index contributed by atoms with van der Waals surface area (Å²) in [4.78, 5) is 8.98. The van der Waals surface area contributed by atoms with Gasteiger partial charge in [0, 0.05) is 30.1 Å². The summed E-state index contributed by atoms with van der Waals surface area (Å²) in [5.41, 5.74) is 4.40. The van der Waals surface area contributed by atoms with Crippen LogP contribution in [0.4, 0.5) is 0 Å². The number of guanidine groups is 1. The van der Waals surface area contributed by atoms with Crippen LogP contribution in [0.15, 0.2) is 58.9 Å². The van der Waals surface area contributed by atoms with Crippen LogP contribution in [0.5, 0.6) is 5.75 Å². The molecule has 1 aromatic heterocycles. The van der Waals surface area contributed by atoms with Gasteiger partial charge in [0.25, 0.3) is 0 Å². The van der Waals surface area contributed by atoms with E-state index in [-0.39, 0.29) is 24.0 Å². The highest BCUT2D eigenvalue weighted by molar-refractivity contribution is 14.0. The van der Waals surface area contributed by atoms with Crippen LogP contribution in [0.1, 0.15) is 16.8 Å². The molecular formula is C21H25IN4OS. The molecule has 2 aromatic carbocycles. The second-order valence-electron chi connectivity index (χ2n) is 6.10. The summed E-state index contributed by atoms with van der Waals surface area (Å²) in [5.74, 6) is 1.61. The molecule has 1 heterocycles. The first-order valence-corrected chi connectivity index (χ1v) is 9.65. The van der Waals surface area contributed by atoms with Gasteiger partial charge in [-0.1, -0.05) is 42.5 Å². The zero-order valence-electron chi connectivity index (χ0n) is 16.2. The van der Waals surface area contributed by atoms with E-state index in [1.54, 1.807) is 25.5 Å². The molecule has 0 atom stereocenters. The van der Waals surface area contributed by atoms with Crippen LogP contribution in [-0.2, 0) is 13.1 Å². The van der Waals surface area contributed by atoms with Crippen molar-refractivity contribution in [1.29, 1.82) is 0 Å². The third-order valence-corrected chi connectivity index (χ3v) is 5.06. The highest BCUT2D eigenvalue weighted by Crippen LogP contribution is 2.23. The van der Waals surface area contributed by atoms with Gasteiger partial charge in [-0.2, -0.15) is 0 Å². The molecule has 3 rings (SSSR count). The van der Waals surface area contributed by atoms with Gasteiger partial charge in [0.15, 0.2) is 5.96 Å². The molecule has 3 aromatic rings. The highest BCUT2D eigenvalue weighted by Gasteiger charge is 2.07. The topological polar surface area (TPSA) is 58.5 Å². The smallest absolute Gasteiger partial charge is 0.191 e. The van der Waals surface area contributed by atoms with Crippen LogP contribution in [0.3, 0.4) is 0 Å². The minimum Gasteiger partial charge on any atom is -0.496 e. The van der Waals surface area contributed by atoms with Crippen LogP contribution >= 0.6 is 35.3 Å². The Balaban J connectivity index is 0.00000280. The van der Waals surface area contributed by atoms with Gasteiger partial charge in [0.05, 0.1) is 19.3 Å². The molecule has 0 radical (unpaired) electrons. The summed E-state index contributed by atoms with van der Waals surface area (Å²) >= 11 is 1.65. The number of nitrogens with zero attached hydrogens (tertiary/aromatic N) is 2. The van der Waals surface area contributed by atoms with Gasteiger partial charge in [0.1, 0.15) is 10.8 Å². The lowest BCUT2D eigenvalue weighted by molar-refractivity contribution is 0.408. The van der Waals surface area contributed by atoms with Crippen LogP contribution in [0.2, 0.25) is 0 Å². The average Bonchev–Trinajstić information content (AvgIpc) is 3.18. The van der Waals surface area contributed by atoms with E-state index in [0.29, 0.717) is 13.1 Å². The maximum absolute atomic E-state index is 5.46. The fourth-order valence-corrected chi connectivity index (χ4v) is 3.50. The summed E-state index contributed by atoms with van der Waals surface area (Å²) in [6.07, 6.45) is 0. The Labute approximate surface area is 187 Å². The van der Waals surface area contributed by atoms with Crippen LogP contribution in [0, 0.1) is 6.92 Å². The summed E-state index contributed by atoms with van der Waals surface area (Å²) in [6.45, 7) is 3.31. The molecule has 0 fully saturated rings. The number of methoxy groups -OCH3 is 1. The second-order valence-corrected chi connectivity index (χ2v) is 6.96. The fourth-order valence-electron chi connectivity index (χ4n) is 2.67. The third kappa shape index (κ3) is 5.93. The van der Waals surface area contributed by atoms with Crippen molar-refractivity contribution in [3.63, 3.8) is 0 Å². The lowest BCUT2D eigenvalue weighted by Crippen LogP contribution is -2.36. The van der Waals surface area contributed by atoms with Crippen LogP contribution < -0.4 is 15.4 Å². The molecule has 5 nitrogen and oxygen atoms in total. The molecule has 7 heteroatoms. The van der Waals surface area contributed by atoms with E-state index < -0.39 is 0 Å². The Kier molecular flexibility index (Phi) is 8.72. The van der Waals surface area contributed by atoms with Crippen molar-refractivity contribution in [2.24, 2.45) is 4.99 Å². The van der Waals surface area contributed by atoms with E-state index >= 15 is 0 Å². The Morgan fingerprint density at radius 1 is 1.11 bits per heavy atom. The monoisotopic (exact) mass is 508 g/mol. The predicted molar refractivity (Wildman–Crippen MR) is 128 cm³/mol. The lowest BCUT2D eigenvalue weighted by Gasteiger charge is -2.13. The molecule has 0 aliphatic rings. The van der Waals surface area contributed by atoms with Gasteiger partial charge in [-0.3, -0.25) is 4.99 Å². The van der Waals surface area contributed by atoms with E-state index in [1.165, 1.54) is 5.56 Å². The zero-order valence-corrected chi connectivity index (χ0v) is 19.4. The quantitative estimate of drug-likeness (QED) is 0.290. The molecule has 0 bridgehead atoms. The Hall–Kier alpha value is -2.13. The van der Waals surface area contributed by atoms with E-state index in [0.717, 1.165) is 33.5 Å². The number of halogens is 1. The average molecular weight is 508 g/mol. The Bertz CT molecular complexity index is 912. The molecule has 148 valence electrons. The molecule has 0 unspecified atom stereocenters. The number of benzene rings is 2. The predicted octanol–water partition coefficient (Wildman–Crippen LogP) is 4.61. The first-order chi connectivity index (χ1) is 13.2. The van der Waals surface area contributed by atoms with Gasteiger partial charge in [-0.05, 0) is 18.6 Å². The number of hydrogen-bond donors (Lipinski definition) is 2. The molecule has 0 amide bonds. The molecular weight excluding hydrogens is 483 g/mol. The van der Waals surface area contributed by atoms with Crippen molar-refractivity contribution < 1.29 is 4.74 Å². The molecule has 0 saturated carbocycles. The number of hydrogen-bond acceptors (Lipinski definition) is 4. The van der Waals surface area contributed by atoms with E-state index in [1.807, 2.05) is 24.3 Å². The van der Waals surface area contributed by atoms with Crippen molar-refractivity contribution in [2.75, 3.05) is 14.2 Å². The number of aliphatic imine (C=N–C) groups is 1. The van der Waals surface area contributed by atoms with Gasteiger partial charge in [0.2, 0.25) is 0 Å². The van der Waals surface area contributed by atoms with Gasteiger partial charge < -0.3 is 15.4 Å². The number of aryl methyl sites for hydroxylation is 1. The van der Waals surface area contributed by atoms with Crippen molar-refractivity contribution in [3.05, 3.63) is 70.7 Å². The molecule has 28 heavy (non-hydrogen) atoms. The van der Waals surface area contributed by atoms with Gasteiger partial charge in [-0.25, -0.2) is 4.98 Å². The standard InChI is InChI=1S/C21H24N4OS.HI/c1-15-9-10-17(19(11-15)26-3)12-23-21(22-2)24-13-18-14-27-20(25-18)16-7-5-4-6-8-16;/h4-11,14H,12-13H2,1-3H3,(H2,22,23,24);1H. The Morgan fingerprint density at radius 3 is 2.57 bits per heavy atom. The van der Waals surface area contributed by atoms with E-state index in [9.17, 15) is 0 Å². The summed E-state index contributed by atoms with van der Waals surface area (Å²) in [5, 5.41) is 9.74. The van der Waals surface area contributed by atoms with E-state index in [4.69, 9.17) is 9.72 Å². The van der Waals surface area contributed by atoms with Crippen LogP contribution in [0.25, 0.3) is 10.6 Å². The number of rotatable bonds is 6. The first kappa shape index (κ1) is 22.2. The summed E-state index contributed by atoms with van der Waals surface area (Å²) < 4.78 is 5.46. The number of nitrogens with one attached hydrogen (secondary N) is 2. The lowest BCUT2D eigenvalue weighted by atomic mass is 10.1. The maximum atomic E-state index is 5.46. The fraction of sp³-hybridized carbons (Fsp3) is 0.238. The normalized spacial score (nSPS) is 10.9. The maximum Gasteiger partial charge on any atom is 0.191 e. The molecule has 0 aliphatic carbocycles. The molecule has 0 spiro atoms. The number of thiazole rings is 1. The number of aromatic nitrogens is 1. The van der Waals surface area contributed by atoms with Crippen molar-refractivity contribution in [1.82, 2.24) is 15.6 Å². The van der Waals surface area contributed by atoms with Crippen molar-refractivity contribution >= 4 is 41.3 Å². The van der Waals surface area contributed by atoms with Crippen molar-refractivity contribution in [3.8, 4) is 16.3 Å². The minimum absolute atomic E-state index is 0. The highest BCUT2D eigenvalue weighted by atomic mass is 127. The SMILES string of the molecule is CN=C(NCc1csc(-c2ccccc2)n1)NCc1ccc(C)cc1OC.I. The zero-order chi connectivity index (χ0) is 19.1. The number of ether oxygens (including phenoxy) is 1. The third-order valence-electron chi connectivity index (χ3n) is 4.12. The van der Waals surface area contributed by atoms with Gasteiger partial charge in [-0.15, -0.1) is 35.3 Å². The first-order valence-electron chi connectivity index (χ1n) is 8.77. The largest absolute Gasteiger partial charge is 0.496 e. The summed E-state index contributed by atoms with van der Waals surface area (Å²) in [6, 6.07) is 16.4. The van der Waals surface area contributed by atoms with Crippen LogP contribution in [-0.4, -0.2) is 25.1 Å². The van der Waals surface area contributed by atoms with E-state index in [2.05, 4.69) is 52.2 Å². The van der Waals surface area contributed by atoms with Gasteiger partial charge >= 0.3 is 0 Å². The molecule has 2 N–H and O–H groups in total. The van der Waals surface area contributed by atoms with Crippen molar-refractivity contribution in [2.45, 2.75) is 20.0 Å².